The molecule has 1 N–H and O–H groups in total. The van der Waals surface area contributed by atoms with Gasteiger partial charge in [-0.05, 0) is 30.3 Å². The van der Waals surface area contributed by atoms with E-state index in [1.54, 1.807) is 11.0 Å². The summed E-state index contributed by atoms with van der Waals surface area (Å²) >= 11 is 5.55. The molecule has 0 aliphatic carbocycles. The molecule has 11 heteroatoms. The van der Waals surface area contributed by atoms with Gasteiger partial charge in [0.2, 0.25) is 5.91 Å². The predicted molar refractivity (Wildman–Crippen MR) is 109 cm³/mol. The normalized spacial score (nSPS) is 14.5. The fourth-order valence-electron chi connectivity index (χ4n) is 3.00. The van der Waals surface area contributed by atoms with E-state index in [0.717, 1.165) is 5.69 Å². The van der Waals surface area contributed by atoms with E-state index in [9.17, 15) is 22.8 Å². The number of amides is 2. The molecule has 1 fully saturated rings. The van der Waals surface area contributed by atoms with E-state index < -0.39 is 28.2 Å². The van der Waals surface area contributed by atoms with Gasteiger partial charge in [0.05, 0.1) is 12.1 Å². The van der Waals surface area contributed by atoms with Crippen molar-refractivity contribution in [1.29, 1.82) is 0 Å². The third-order valence-corrected chi connectivity index (χ3v) is 5.42. The van der Waals surface area contributed by atoms with Gasteiger partial charge in [0.15, 0.2) is 0 Å². The van der Waals surface area contributed by atoms with Crippen LogP contribution in [0.25, 0.3) is 0 Å². The number of anilines is 1. The summed E-state index contributed by atoms with van der Waals surface area (Å²) in [6.45, 7) is 1.83. The summed E-state index contributed by atoms with van der Waals surface area (Å²) in [5, 5.41) is 2.57. The summed E-state index contributed by atoms with van der Waals surface area (Å²) in [5.41, 5.74) is -3.82. The Morgan fingerprint density at radius 3 is 2.53 bits per heavy atom. The van der Waals surface area contributed by atoms with Crippen LogP contribution < -0.4 is 10.2 Å². The fourth-order valence-corrected chi connectivity index (χ4v) is 3.79. The molecule has 1 aromatic carbocycles. The number of hydrogen-bond acceptors (Lipinski definition) is 5. The number of carbonyl (C=O) groups is 2. The minimum absolute atomic E-state index is 0.224. The minimum atomic E-state index is -4.57. The maximum Gasteiger partial charge on any atom is 0.447 e. The molecule has 0 bridgehead atoms. The summed E-state index contributed by atoms with van der Waals surface area (Å²) in [4.78, 5) is 32.0. The maximum absolute atomic E-state index is 12.6. The molecule has 160 valence electrons. The average Bonchev–Trinajstić information content (AvgIpc) is 2.71. The number of halogens is 4. The van der Waals surface area contributed by atoms with E-state index in [-0.39, 0.29) is 18.0 Å². The van der Waals surface area contributed by atoms with Gasteiger partial charge in [0, 0.05) is 54.8 Å². The standard InChI is InChI=1S/C19H18ClF3N4O2S/c20-13-3-1-4-14(11-13)26-7-9-27(10-8-26)16(28)12-25-17(29)15-5-2-6-24-18(15)30-19(21,22)23/h1-6,11H,7-10,12H2,(H,25,29). The van der Waals surface area contributed by atoms with Crippen molar-refractivity contribution in [3.05, 3.63) is 53.2 Å². The number of hydrogen-bond donors (Lipinski definition) is 1. The molecule has 2 heterocycles. The van der Waals surface area contributed by atoms with Crippen LogP contribution in [0.2, 0.25) is 5.02 Å². The third-order valence-electron chi connectivity index (χ3n) is 4.43. The van der Waals surface area contributed by atoms with Crippen LogP contribution in [0.5, 0.6) is 0 Å². The Morgan fingerprint density at radius 1 is 1.13 bits per heavy atom. The number of piperazine rings is 1. The Balaban J connectivity index is 1.52. The van der Waals surface area contributed by atoms with E-state index in [1.807, 2.05) is 18.2 Å². The molecular weight excluding hydrogens is 441 g/mol. The first-order valence-electron chi connectivity index (χ1n) is 9.00. The monoisotopic (exact) mass is 458 g/mol. The van der Waals surface area contributed by atoms with Crippen molar-refractivity contribution in [2.75, 3.05) is 37.6 Å². The second kappa shape index (κ2) is 9.57. The summed E-state index contributed by atoms with van der Waals surface area (Å²) in [7, 11) is 0. The topological polar surface area (TPSA) is 65.5 Å². The van der Waals surface area contributed by atoms with Crippen molar-refractivity contribution in [1.82, 2.24) is 15.2 Å². The Bertz CT molecular complexity index is 921. The van der Waals surface area contributed by atoms with Gasteiger partial charge in [-0.1, -0.05) is 17.7 Å². The number of alkyl halides is 3. The molecule has 30 heavy (non-hydrogen) atoms. The first-order valence-corrected chi connectivity index (χ1v) is 10.2. The molecule has 3 rings (SSSR count). The van der Waals surface area contributed by atoms with Gasteiger partial charge in [0.25, 0.3) is 5.91 Å². The zero-order valence-electron chi connectivity index (χ0n) is 15.7. The van der Waals surface area contributed by atoms with Crippen molar-refractivity contribution in [3.63, 3.8) is 0 Å². The van der Waals surface area contributed by atoms with Gasteiger partial charge in [-0.2, -0.15) is 13.2 Å². The number of benzene rings is 1. The van der Waals surface area contributed by atoms with Crippen LogP contribution in [0.15, 0.2) is 47.6 Å². The highest BCUT2D eigenvalue weighted by Crippen LogP contribution is 2.37. The Labute approximate surface area is 180 Å². The number of thioether (sulfide) groups is 1. The van der Waals surface area contributed by atoms with Crippen molar-refractivity contribution >= 4 is 40.9 Å². The highest BCUT2D eigenvalue weighted by atomic mass is 35.5. The van der Waals surface area contributed by atoms with Crippen LogP contribution in [-0.2, 0) is 4.79 Å². The van der Waals surface area contributed by atoms with Gasteiger partial charge < -0.3 is 15.1 Å². The zero-order chi connectivity index (χ0) is 21.7. The first-order chi connectivity index (χ1) is 14.2. The molecule has 1 aromatic heterocycles. The number of nitrogens with one attached hydrogen (secondary N) is 1. The maximum atomic E-state index is 12.6. The van der Waals surface area contributed by atoms with Crippen molar-refractivity contribution in [2.24, 2.45) is 0 Å². The smallest absolute Gasteiger partial charge is 0.368 e. The van der Waals surface area contributed by atoms with E-state index in [1.165, 1.54) is 18.3 Å². The summed E-state index contributed by atoms with van der Waals surface area (Å²) in [6, 6.07) is 10.0. The lowest BCUT2D eigenvalue weighted by Gasteiger charge is -2.36. The number of nitrogens with zero attached hydrogens (tertiary/aromatic N) is 3. The molecule has 1 saturated heterocycles. The Kier molecular flexibility index (Phi) is 7.09. The van der Waals surface area contributed by atoms with Gasteiger partial charge >= 0.3 is 5.51 Å². The highest BCUT2D eigenvalue weighted by molar-refractivity contribution is 8.00. The van der Waals surface area contributed by atoms with Crippen molar-refractivity contribution in [2.45, 2.75) is 10.5 Å². The fraction of sp³-hybridized carbons (Fsp3) is 0.316. The van der Waals surface area contributed by atoms with Crippen LogP contribution in [-0.4, -0.2) is 59.9 Å². The lowest BCUT2D eigenvalue weighted by Crippen LogP contribution is -2.51. The molecular formula is C19H18ClF3N4O2S. The van der Waals surface area contributed by atoms with Crippen molar-refractivity contribution < 1.29 is 22.8 Å². The van der Waals surface area contributed by atoms with Crippen LogP contribution >= 0.6 is 23.4 Å². The molecule has 1 aliphatic rings. The molecule has 6 nitrogen and oxygen atoms in total. The minimum Gasteiger partial charge on any atom is -0.368 e. The number of rotatable bonds is 5. The summed E-state index contributed by atoms with van der Waals surface area (Å²) in [6.07, 6.45) is 1.18. The second-order valence-electron chi connectivity index (χ2n) is 6.43. The molecule has 1 aliphatic heterocycles. The van der Waals surface area contributed by atoms with Gasteiger partial charge in [-0.3, -0.25) is 9.59 Å². The Hall–Kier alpha value is -2.46. The van der Waals surface area contributed by atoms with E-state index >= 15 is 0 Å². The molecule has 0 unspecified atom stereocenters. The number of aromatic nitrogens is 1. The molecule has 0 saturated carbocycles. The van der Waals surface area contributed by atoms with Crippen LogP contribution in [0, 0.1) is 0 Å². The Morgan fingerprint density at radius 2 is 1.87 bits per heavy atom. The van der Waals surface area contributed by atoms with Crippen LogP contribution in [0.4, 0.5) is 18.9 Å². The van der Waals surface area contributed by atoms with Crippen molar-refractivity contribution in [3.8, 4) is 0 Å². The lowest BCUT2D eigenvalue weighted by molar-refractivity contribution is -0.130. The largest absolute Gasteiger partial charge is 0.447 e. The summed E-state index contributed by atoms with van der Waals surface area (Å²) < 4.78 is 37.9. The first kappa shape index (κ1) is 22.2. The predicted octanol–water partition coefficient (Wildman–Crippen LogP) is 3.43. The molecule has 2 aromatic rings. The van der Waals surface area contributed by atoms with E-state index in [0.29, 0.717) is 31.2 Å². The highest BCUT2D eigenvalue weighted by Gasteiger charge is 2.32. The SMILES string of the molecule is O=C(NCC(=O)N1CCN(c2cccc(Cl)c2)CC1)c1cccnc1SC(F)(F)F. The van der Waals surface area contributed by atoms with E-state index in [4.69, 9.17) is 11.6 Å². The van der Waals surface area contributed by atoms with Crippen LogP contribution in [0.3, 0.4) is 0 Å². The molecule has 2 amide bonds. The van der Waals surface area contributed by atoms with Gasteiger partial charge in [-0.25, -0.2) is 4.98 Å². The van der Waals surface area contributed by atoms with Gasteiger partial charge in [0.1, 0.15) is 5.03 Å². The van der Waals surface area contributed by atoms with E-state index in [2.05, 4.69) is 15.2 Å². The molecule has 0 radical (unpaired) electrons. The second-order valence-corrected chi connectivity index (χ2v) is 7.92. The lowest BCUT2D eigenvalue weighted by atomic mass is 10.2. The quantitative estimate of drug-likeness (QED) is 0.695. The average molecular weight is 459 g/mol. The van der Waals surface area contributed by atoms with Crippen LogP contribution in [0.1, 0.15) is 10.4 Å². The number of pyridine rings is 1. The molecule has 0 spiro atoms. The molecule has 0 atom stereocenters. The number of carbonyl (C=O) groups excluding carboxylic acids is 2. The summed E-state index contributed by atoms with van der Waals surface area (Å²) in [5.74, 6) is -1.08. The van der Waals surface area contributed by atoms with Gasteiger partial charge in [-0.15, -0.1) is 0 Å². The zero-order valence-corrected chi connectivity index (χ0v) is 17.2. The third kappa shape index (κ3) is 6.02.